The molecule has 0 aliphatic carbocycles. The number of hydrogen-bond acceptors (Lipinski definition) is 5. The summed E-state index contributed by atoms with van der Waals surface area (Å²) in [6.45, 7) is 4.67. The van der Waals surface area contributed by atoms with Crippen LogP contribution in [0.5, 0.6) is 0 Å². The monoisotopic (exact) mass is 448 g/mol. The Hall–Kier alpha value is -2.12. The molecule has 27 heavy (non-hydrogen) atoms. The largest absolute Gasteiger partial charge is 0.419 e. The summed E-state index contributed by atoms with van der Waals surface area (Å²) >= 11 is 3.32. The van der Waals surface area contributed by atoms with Gasteiger partial charge in [0.2, 0.25) is 26.6 Å². The summed E-state index contributed by atoms with van der Waals surface area (Å²) < 4.78 is 32.9. The topological polar surface area (TPSA) is 72.2 Å². The summed E-state index contributed by atoms with van der Waals surface area (Å²) in [5.74, 6) is 0.464. The normalized spacial score (nSPS) is 11.5. The minimum absolute atomic E-state index is 0.0866. The van der Waals surface area contributed by atoms with Gasteiger partial charge >= 0.3 is 0 Å². The average molecular weight is 449 g/mol. The highest BCUT2D eigenvalue weighted by atomic mass is 79.9. The third-order valence-corrected chi connectivity index (χ3v) is 6.30. The summed E-state index contributed by atoms with van der Waals surface area (Å²) in [5.41, 5.74) is 1.84. The van der Waals surface area contributed by atoms with Gasteiger partial charge in [-0.3, -0.25) is 0 Å². The van der Waals surface area contributed by atoms with E-state index in [4.69, 9.17) is 4.42 Å². The molecular formula is C20H21BrN2O3S. The summed E-state index contributed by atoms with van der Waals surface area (Å²) in [4.78, 5) is 4.50. The molecule has 0 saturated heterocycles. The second-order valence-corrected chi connectivity index (χ2v) is 9.04. The van der Waals surface area contributed by atoms with E-state index >= 15 is 0 Å². The Balaban J connectivity index is 2.06. The fourth-order valence-electron chi connectivity index (χ4n) is 2.52. The van der Waals surface area contributed by atoms with Crippen molar-refractivity contribution in [1.82, 2.24) is 4.98 Å². The lowest BCUT2D eigenvalue weighted by molar-refractivity contribution is 0.575. The van der Waals surface area contributed by atoms with Gasteiger partial charge in [-0.2, -0.15) is 4.98 Å². The number of anilines is 1. The molecule has 0 unspecified atom stereocenters. The van der Waals surface area contributed by atoms with Gasteiger partial charge in [0.25, 0.3) is 0 Å². The van der Waals surface area contributed by atoms with Crippen LogP contribution in [0.4, 0.5) is 5.88 Å². The molecule has 0 aliphatic heterocycles. The number of unbranched alkanes of at least 4 members (excludes halogenated alkanes) is 1. The van der Waals surface area contributed by atoms with Gasteiger partial charge in [-0.25, -0.2) is 8.42 Å². The molecule has 1 N–H and O–H groups in total. The summed E-state index contributed by atoms with van der Waals surface area (Å²) in [7, 11) is -3.81. The van der Waals surface area contributed by atoms with Crippen molar-refractivity contribution in [2.45, 2.75) is 36.6 Å². The Bertz CT molecular complexity index is 1010. The standard InChI is InChI=1S/C20H21BrN2O3S/c1-3-4-13-22-19-20(27(24,25)17-11-9-16(21)10-12-17)23-18(26-19)15-7-5-14(2)6-8-15/h5-12,22H,3-4,13H2,1-2H3. The molecule has 7 heteroatoms. The summed E-state index contributed by atoms with van der Waals surface area (Å²) in [5, 5.41) is 3.00. The zero-order chi connectivity index (χ0) is 19.4. The Kier molecular flexibility index (Phi) is 6.01. The quantitative estimate of drug-likeness (QED) is 0.485. The molecule has 0 amide bonds. The van der Waals surface area contributed by atoms with E-state index < -0.39 is 9.84 Å². The van der Waals surface area contributed by atoms with Crippen molar-refractivity contribution in [2.24, 2.45) is 0 Å². The lowest BCUT2D eigenvalue weighted by atomic mass is 10.1. The third kappa shape index (κ3) is 4.42. The van der Waals surface area contributed by atoms with Gasteiger partial charge in [-0.1, -0.05) is 47.0 Å². The highest BCUT2D eigenvalue weighted by molar-refractivity contribution is 9.10. The summed E-state index contributed by atoms with van der Waals surface area (Å²) in [6.07, 6.45) is 1.89. The van der Waals surface area contributed by atoms with Crippen LogP contribution < -0.4 is 5.32 Å². The molecule has 0 saturated carbocycles. The van der Waals surface area contributed by atoms with Gasteiger partial charge in [0.05, 0.1) is 4.90 Å². The zero-order valence-corrected chi connectivity index (χ0v) is 17.6. The van der Waals surface area contributed by atoms with Crippen molar-refractivity contribution in [3.05, 3.63) is 58.6 Å². The Morgan fingerprint density at radius 1 is 1.07 bits per heavy atom. The maximum atomic E-state index is 13.1. The molecule has 142 valence electrons. The first-order valence-corrected chi connectivity index (χ1v) is 11.0. The van der Waals surface area contributed by atoms with Crippen LogP contribution in [0.2, 0.25) is 0 Å². The predicted molar refractivity (Wildman–Crippen MR) is 110 cm³/mol. The van der Waals surface area contributed by atoms with E-state index in [0.29, 0.717) is 6.54 Å². The number of rotatable bonds is 7. The average Bonchev–Trinajstić information content (AvgIpc) is 3.08. The van der Waals surface area contributed by atoms with Crippen LogP contribution >= 0.6 is 15.9 Å². The van der Waals surface area contributed by atoms with Gasteiger partial charge in [0.1, 0.15) is 0 Å². The maximum Gasteiger partial charge on any atom is 0.233 e. The molecule has 5 nitrogen and oxygen atoms in total. The molecule has 0 radical (unpaired) electrons. The molecule has 0 aliphatic rings. The van der Waals surface area contributed by atoms with E-state index in [2.05, 4.69) is 33.2 Å². The number of hydrogen-bond donors (Lipinski definition) is 1. The Morgan fingerprint density at radius 2 is 1.74 bits per heavy atom. The minimum atomic E-state index is -3.81. The Morgan fingerprint density at radius 3 is 2.37 bits per heavy atom. The third-order valence-electron chi connectivity index (χ3n) is 4.09. The first-order chi connectivity index (χ1) is 12.9. The van der Waals surface area contributed by atoms with Crippen molar-refractivity contribution in [2.75, 3.05) is 11.9 Å². The molecule has 0 spiro atoms. The zero-order valence-electron chi connectivity index (χ0n) is 15.2. The molecule has 0 atom stereocenters. The van der Waals surface area contributed by atoms with Gasteiger partial charge in [0, 0.05) is 16.6 Å². The van der Waals surface area contributed by atoms with Gasteiger partial charge in [0.15, 0.2) is 0 Å². The first-order valence-electron chi connectivity index (χ1n) is 8.74. The second-order valence-electron chi connectivity index (χ2n) is 6.26. The van der Waals surface area contributed by atoms with Crippen molar-refractivity contribution in [3.63, 3.8) is 0 Å². The van der Waals surface area contributed by atoms with E-state index in [1.54, 1.807) is 24.3 Å². The van der Waals surface area contributed by atoms with E-state index in [1.807, 2.05) is 31.2 Å². The molecule has 3 rings (SSSR count). The van der Waals surface area contributed by atoms with Crippen LogP contribution in [-0.4, -0.2) is 19.9 Å². The number of aryl methyl sites for hydroxylation is 1. The lowest BCUT2D eigenvalue weighted by Crippen LogP contribution is -2.08. The molecule has 2 aromatic carbocycles. The SMILES string of the molecule is CCCCNc1oc(-c2ccc(C)cc2)nc1S(=O)(=O)c1ccc(Br)cc1. The van der Waals surface area contributed by atoms with Crippen molar-refractivity contribution < 1.29 is 12.8 Å². The van der Waals surface area contributed by atoms with E-state index in [1.165, 1.54) is 0 Å². The van der Waals surface area contributed by atoms with Gasteiger partial charge in [-0.05, 0) is 49.7 Å². The lowest BCUT2D eigenvalue weighted by Gasteiger charge is -2.05. The molecular weight excluding hydrogens is 428 g/mol. The van der Waals surface area contributed by atoms with Crippen LogP contribution in [0.3, 0.4) is 0 Å². The smallest absolute Gasteiger partial charge is 0.233 e. The van der Waals surface area contributed by atoms with Crippen molar-refractivity contribution in [3.8, 4) is 11.5 Å². The summed E-state index contributed by atoms with van der Waals surface area (Å²) in [6, 6.07) is 14.1. The highest BCUT2D eigenvalue weighted by Crippen LogP contribution is 2.32. The van der Waals surface area contributed by atoms with Crippen LogP contribution in [-0.2, 0) is 9.84 Å². The fourth-order valence-corrected chi connectivity index (χ4v) is 4.07. The number of nitrogens with zero attached hydrogens (tertiary/aromatic N) is 1. The number of nitrogens with one attached hydrogen (secondary N) is 1. The van der Waals surface area contributed by atoms with E-state index in [-0.39, 0.29) is 21.7 Å². The van der Waals surface area contributed by atoms with Gasteiger partial charge in [-0.15, -0.1) is 0 Å². The number of halogens is 1. The minimum Gasteiger partial charge on any atom is -0.419 e. The number of aromatic nitrogens is 1. The molecule has 1 aromatic heterocycles. The highest BCUT2D eigenvalue weighted by Gasteiger charge is 2.28. The van der Waals surface area contributed by atoms with E-state index in [0.717, 1.165) is 28.4 Å². The van der Waals surface area contributed by atoms with Crippen LogP contribution in [0.15, 0.2) is 67.3 Å². The predicted octanol–water partition coefficient (Wildman–Crippen LogP) is 5.46. The van der Waals surface area contributed by atoms with Crippen molar-refractivity contribution >= 4 is 31.7 Å². The van der Waals surface area contributed by atoms with Gasteiger partial charge < -0.3 is 9.73 Å². The Labute approximate surface area is 167 Å². The van der Waals surface area contributed by atoms with Crippen LogP contribution in [0.25, 0.3) is 11.5 Å². The molecule has 3 aromatic rings. The van der Waals surface area contributed by atoms with Crippen molar-refractivity contribution in [1.29, 1.82) is 0 Å². The molecule has 0 bridgehead atoms. The number of sulfone groups is 1. The number of benzene rings is 2. The second kappa shape index (κ2) is 8.27. The van der Waals surface area contributed by atoms with Crippen LogP contribution in [0.1, 0.15) is 25.3 Å². The fraction of sp³-hybridized carbons (Fsp3) is 0.250. The first kappa shape index (κ1) is 19.6. The molecule has 0 fully saturated rings. The molecule has 1 heterocycles. The number of oxazole rings is 1. The van der Waals surface area contributed by atoms with Crippen LogP contribution in [0, 0.1) is 6.92 Å². The van der Waals surface area contributed by atoms with E-state index in [9.17, 15) is 8.42 Å². The maximum absolute atomic E-state index is 13.1.